The second kappa shape index (κ2) is 5.91. The van der Waals surface area contributed by atoms with Crippen LogP contribution in [0.15, 0.2) is 42.7 Å². The summed E-state index contributed by atoms with van der Waals surface area (Å²) in [6.45, 7) is 0.336. The molecule has 1 aromatic heterocycles. The largest absolute Gasteiger partial charge is 0.370 e. The zero-order valence-electron chi connectivity index (χ0n) is 12.3. The van der Waals surface area contributed by atoms with Crippen LogP contribution in [0.1, 0.15) is 12.8 Å². The highest BCUT2D eigenvalue weighted by Crippen LogP contribution is 2.37. The minimum Gasteiger partial charge on any atom is -0.370 e. The summed E-state index contributed by atoms with van der Waals surface area (Å²) in [4.78, 5) is 16.4. The van der Waals surface area contributed by atoms with E-state index >= 15 is 0 Å². The Hall–Kier alpha value is -2.57. The summed E-state index contributed by atoms with van der Waals surface area (Å²) < 4.78 is 26.8. The molecule has 1 fully saturated rings. The van der Waals surface area contributed by atoms with E-state index in [1.54, 1.807) is 29.4 Å². The molecule has 1 aliphatic rings. The minimum atomic E-state index is -2.66. The molecule has 1 saturated heterocycles. The van der Waals surface area contributed by atoms with E-state index in [0.717, 1.165) is 11.1 Å². The first-order valence-corrected chi connectivity index (χ1v) is 7.28. The first-order chi connectivity index (χ1) is 11.0. The van der Waals surface area contributed by atoms with Gasteiger partial charge >= 0.3 is 0 Å². The molecule has 2 heterocycles. The lowest BCUT2D eigenvalue weighted by atomic mass is 10.0. The molecule has 0 N–H and O–H groups in total. The lowest BCUT2D eigenvalue weighted by molar-refractivity contribution is -0.384. The number of nitro benzene ring substituents is 1. The number of nitro groups is 1. The average molecular weight is 319 g/mol. The summed E-state index contributed by atoms with van der Waals surface area (Å²) >= 11 is 0. The molecular formula is C16H15F2N3O2. The van der Waals surface area contributed by atoms with Crippen LogP contribution in [0.25, 0.3) is 11.1 Å². The zero-order valence-corrected chi connectivity index (χ0v) is 12.3. The molecule has 23 heavy (non-hydrogen) atoms. The third-order valence-corrected chi connectivity index (χ3v) is 4.00. The lowest BCUT2D eigenvalue weighted by Gasteiger charge is -2.34. The molecule has 0 unspecified atom stereocenters. The second-order valence-electron chi connectivity index (χ2n) is 5.54. The monoisotopic (exact) mass is 319 g/mol. The fourth-order valence-electron chi connectivity index (χ4n) is 2.74. The van der Waals surface area contributed by atoms with Crippen LogP contribution in [0.2, 0.25) is 0 Å². The van der Waals surface area contributed by atoms with Crippen LogP contribution in [0, 0.1) is 10.1 Å². The van der Waals surface area contributed by atoms with Crippen LogP contribution in [0.4, 0.5) is 20.2 Å². The van der Waals surface area contributed by atoms with Gasteiger partial charge in [-0.15, -0.1) is 0 Å². The van der Waals surface area contributed by atoms with Gasteiger partial charge < -0.3 is 4.90 Å². The number of hydrogen-bond acceptors (Lipinski definition) is 4. The minimum absolute atomic E-state index is 0.0510. The summed E-state index contributed by atoms with van der Waals surface area (Å²) in [6, 6.07) is 8.13. The van der Waals surface area contributed by atoms with Gasteiger partial charge in [-0.1, -0.05) is 6.07 Å². The highest BCUT2D eigenvalue weighted by molar-refractivity contribution is 5.80. The van der Waals surface area contributed by atoms with E-state index in [-0.39, 0.29) is 31.6 Å². The van der Waals surface area contributed by atoms with Gasteiger partial charge in [0, 0.05) is 61.6 Å². The number of nitrogens with zero attached hydrogens (tertiary/aromatic N) is 3. The molecule has 0 radical (unpaired) electrons. The number of halogens is 2. The summed E-state index contributed by atoms with van der Waals surface area (Å²) in [5, 5.41) is 11.0. The quantitative estimate of drug-likeness (QED) is 0.636. The van der Waals surface area contributed by atoms with Crippen LogP contribution in [0.3, 0.4) is 0 Å². The molecule has 5 nitrogen and oxygen atoms in total. The van der Waals surface area contributed by atoms with Crippen molar-refractivity contribution in [1.82, 2.24) is 4.98 Å². The van der Waals surface area contributed by atoms with Gasteiger partial charge in [0.2, 0.25) is 0 Å². The van der Waals surface area contributed by atoms with Crippen molar-refractivity contribution in [2.24, 2.45) is 0 Å². The summed E-state index contributed by atoms with van der Waals surface area (Å²) in [5.74, 6) is -2.66. The van der Waals surface area contributed by atoms with Gasteiger partial charge in [-0.2, -0.15) is 0 Å². The molecule has 1 aliphatic heterocycles. The summed E-state index contributed by atoms with van der Waals surface area (Å²) in [7, 11) is 0. The second-order valence-corrected chi connectivity index (χ2v) is 5.54. The lowest BCUT2D eigenvalue weighted by Crippen LogP contribution is -2.39. The number of anilines is 1. The third kappa shape index (κ3) is 3.28. The van der Waals surface area contributed by atoms with Gasteiger partial charge in [-0.25, -0.2) is 8.78 Å². The first-order valence-electron chi connectivity index (χ1n) is 7.28. The molecule has 0 atom stereocenters. The van der Waals surface area contributed by atoms with Crippen molar-refractivity contribution in [3.63, 3.8) is 0 Å². The average Bonchev–Trinajstić information content (AvgIpc) is 2.55. The number of pyridine rings is 1. The van der Waals surface area contributed by atoms with E-state index in [1.165, 1.54) is 12.1 Å². The fourth-order valence-corrected chi connectivity index (χ4v) is 2.74. The van der Waals surface area contributed by atoms with Crippen molar-refractivity contribution in [1.29, 1.82) is 0 Å². The van der Waals surface area contributed by atoms with E-state index in [1.807, 2.05) is 6.07 Å². The molecule has 7 heteroatoms. The van der Waals surface area contributed by atoms with Crippen LogP contribution in [-0.2, 0) is 0 Å². The maximum Gasteiger partial charge on any atom is 0.271 e. The number of piperidine rings is 1. The maximum atomic E-state index is 13.4. The van der Waals surface area contributed by atoms with E-state index in [9.17, 15) is 18.9 Å². The Morgan fingerprint density at radius 1 is 1.22 bits per heavy atom. The maximum absolute atomic E-state index is 13.4. The van der Waals surface area contributed by atoms with Gasteiger partial charge in [0.05, 0.1) is 10.6 Å². The van der Waals surface area contributed by atoms with Crippen molar-refractivity contribution >= 4 is 11.4 Å². The molecule has 120 valence electrons. The third-order valence-electron chi connectivity index (χ3n) is 4.00. The van der Waals surface area contributed by atoms with Crippen LogP contribution >= 0.6 is 0 Å². The van der Waals surface area contributed by atoms with Crippen LogP contribution in [0.5, 0.6) is 0 Å². The van der Waals surface area contributed by atoms with E-state index in [4.69, 9.17) is 0 Å². The number of rotatable bonds is 3. The Bertz CT molecular complexity index is 713. The SMILES string of the molecule is O=[N+]([O-])c1ccc(-c2cccnc2)c(N2CCC(F)(F)CC2)c1. The number of hydrogen-bond donors (Lipinski definition) is 0. The van der Waals surface area contributed by atoms with Crippen molar-refractivity contribution < 1.29 is 13.7 Å². The normalized spacial score (nSPS) is 17.0. The molecule has 0 bridgehead atoms. The van der Waals surface area contributed by atoms with Gasteiger partial charge in [0.1, 0.15) is 0 Å². The van der Waals surface area contributed by atoms with Crippen molar-refractivity contribution in [3.8, 4) is 11.1 Å². The fraction of sp³-hybridized carbons (Fsp3) is 0.312. The molecule has 0 aliphatic carbocycles. The number of benzene rings is 1. The van der Waals surface area contributed by atoms with E-state index in [0.29, 0.717) is 5.69 Å². The predicted molar refractivity (Wildman–Crippen MR) is 82.7 cm³/mol. The Morgan fingerprint density at radius 2 is 1.96 bits per heavy atom. The smallest absolute Gasteiger partial charge is 0.271 e. The topological polar surface area (TPSA) is 59.3 Å². The van der Waals surface area contributed by atoms with Crippen LogP contribution in [-0.4, -0.2) is 28.9 Å². The summed E-state index contributed by atoms with van der Waals surface area (Å²) in [6.07, 6.45) is 2.80. The Balaban J connectivity index is 2.02. The highest BCUT2D eigenvalue weighted by atomic mass is 19.3. The molecule has 1 aromatic carbocycles. The molecule has 0 spiro atoms. The Kier molecular flexibility index (Phi) is 3.94. The van der Waals surface area contributed by atoms with E-state index in [2.05, 4.69) is 4.98 Å². The number of non-ortho nitro benzene ring substituents is 1. The summed E-state index contributed by atoms with van der Waals surface area (Å²) in [5.41, 5.74) is 2.11. The standard InChI is InChI=1S/C16H15F2N3O2/c17-16(18)5-8-20(9-6-16)15-10-13(21(22)23)3-4-14(15)12-2-1-7-19-11-12/h1-4,7,10-11H,5-6,8-9H2. The van der Waals surface area contributed by atoms with Crippen molar-refractivity contribution in [3.05, 3.63) is 52.8 Å². The van der Waals surface area contributed by atoms with E-state index < -0.39 is 10.8 Å². The van der Waals surface area contributed by atoms with Gasteiger partial charge in [-0.05, 0) is 12.1 Å². The first kappa shape index (κ1) is 15.3. The van der Waals surface area contributed by atoms with Crippen molar-refractivity contribution in [2.75, 3.05) is 18.0 Å². The van der Waals surface area contributed by atoms with Gasteiger partial charge in [0.15, 0.2) is 0 Å². The Morgan fingerprint density at radius 3 is 2.57 bits per heavy atom. The van der Waals surface area contributed by atoms with Gasteiger partial charge in [-0.3, -0.25) is 15.1 Å². The zero-order chi connectivity index (χ0) is 16.4. The molecule has 2 aromatic rings. The molecular weight excluding hydrogens is 304 g/mol. The highest BCUT2D eigenvalue weighted by Gasteiger charge is 2.35. The Labute approximate surface area is 131 Å². The van der Waals surface area contributed by atoms with Crippen LogP contribution < -0.4 is 4.90 Å². The molecule has 0 amide bonds. The van der Waals surface area contributed by atoms with Crippen molar-refractivity contribution in [2.45, 2.75) is 18.8 Å². The molecule has 3 rings (SSSR count). The van der Waals surface area contributed by atoms with Gasteiger partial charge in [0.25, 0.3) is 11.6 Å². The number of alkyl halides is 2. The molecule has 0 saturated carbocycles. The predicted octanol–water partition coefficient (Wildman–Crippen LogP) is 3.89. The number of aromatic nitrogens is 1.